The molecule has 2 rings (SSSR count). The average Bonchev–Trinajstić information content (AvgIpc) is 2.22. The molecule has 2 N–H and O–H groups in total. The van der Waals surface area contributed by atoms with E-state index >= 15 is 0 Å². The Bertz CT molecular complexity index is 362. The van der Waals surface area contributed by atoms with Crippen molar-refractivity contribution in [3.63, 3.8) is 0 Å². The van der Waals surface area contributed by atoms with Gasteiger partial charge in [0.1, 0.15) is 0 Å². The van der Waals surface area contributed by atoms with Gasteiger partial charge in [0, 0.05) is 11.1 Å². The summed E-state index contributed by atoms with van der Waals surface area (Å²) in [6.45, 7) is 2.08. The van der Waals surface area contributed by atoms with E-state index in [1.807, 2.05) is 0 Å². The highest BCUT2D eigenvalue weighted by Gasteiger charge is 2.20. The van der Waals surface area contributed by atoms with Crippen LogP contribution in [0.15, 0.2) is 18.2 Å². The second kappa shape index (κ2) is 5.20. The van der Waals surface area contributed by atoms with Crippen molar-refractivity contribution in [3.05, 3.63) is 34.3 Å². The number of benzene rings is 1. The SMILES string of the molecule is Cc1ccc(CC2CCCC(N)C2)c(Cl)c1. The molecule has 16 heavy (non-hydrogen) atoms. The Hall–Kier alpha value is -0.530. The molecule has 2 unspecified atom stereocenters. The largest absolute Gasteiger partial charge is 0.328 e. The minimum absolute atomic E-state index is 0.406. The van der Waals surface area contributed by atoms with Gasteiger partial charge in [-0.3, -0.25) is 0 Å². The highest BCUT2D eigenvalue weighted by atomic mass is 35.5. The van der Waals surface area contributed by atoms with Crippen molar-refractivity contribution in [1.82, 2.24) is 0 Å². The number of nitrogens with two attached hydrogens (primary N) is 1. The molecule has 0 saturated heterocycles. The minimum atomic E-state index is 0.406. The molecule has 2 heteroatoms. The van der Waals surface area contributed by atoms with Crippen LogP contribution in [0.5, 0.6) is 0 Å². The monoisotopic (exact) mass is 237 g/mol. The van der Waals surface area contributed by atoms with Crippen molar-refractivity contribution in [2.75, 3.05) is 0 Å². The molecule has 1 saturated carbocycles. The van der Waals surface area contributed by atoms with Crippen molar-refractivity contribution in [2.24, 2.45) is 11.7 Å². The smallest absolute Gasteiger partial charge is 0.0440 e. The minimum Gasteiger partial charge on any atom is -0.328 e. The molecule has 0 radical (unpaired) electrons. The summed E-state index contributed by atoms with van der Waals surface area (Å²) < 4.78 is 0. The lowest BCUT2D eigenvalue weighted by molar-refractivity contribution is 0.321. The van der Waals surface area contributed by atoms with E-state index in [0.29, 0.717) is 6.04 Å². The van der Waals surface area contributed by atoms with Crippen LogP contribution in [0, 0.1) is 12.8 Å². The van der Waals surface area contributed by atoms with Gasteiger partial charge >= 0.3 is 0 Å². The van der Waals surface area contributed by atoms with E-state index in [1.54, 1.807) is 0 Å². The molecule has 1 aliphatic carbocycles. The zero-order chi connectivity index (χ0) is 11.5. The fourth-order valence-corrected chi connectivity index (χ4v) is 2.96. The van der Waals surface area contributed by atoms with Gasteiger partial charge in [0.2, 0.25) is 0 Å². The molecule has 0 aromatic heterocycles. The molecule has 1 fully saturated rings. The fourth-order valence-electron chi connectivity index (χ4n) is 2.65. The second-order valence-electron chi connectivity index (χ2n) is 5.09. The second-order valence-corrected chi connectivity index (χ2v) is 5.50. The summed E-state index contributed by atoms with van der Waals surface area (Å²) in [5.41, 5.74) is 8.52. The predicted octanol–water partition coefficient (Wildman–Crippen LogP) is 3.71. The van der Waals surface area contributed by atoms with E-state index < -0.39 is 0 Å². The molecule has 0 aliphatic heterocycles. The Morgan fingerprint density at radius 1 is 1.38 bits per heavy atom. The van der Waals surface area contributed by atoms with E-state index in [1.165, 1.54) is 30.4 Å². The molecule has 1 aliphatic rings. The Balaban J connectivity index is 2.02. The van der Waals surface area contributed by atoms with Gasteiger partial charge in [0.05, 0.1) is 0 Å². The van der Waals surface area contributed by atoms with E-state index in [0.717, 1.165) is 23.8 Å². The third-order valence-corrected chi connectivity index (χ3v) is 3.89. The summed E-state index contributed by atoms with van der Waals surface area (Å²) in [5, 5.41) is 0.916. The maximum Gasteiger partial charge on any atom is 0.0440 e. The molecule has 0 amide bonds. The Morgan fingerprint density at radius 2 is 2.19 bits per heavy atom. The van der Waals surface area contributed by atoms with Crippen LogP contribution in [0.3, 0.4) is 0 Å². The zero-order valence-corrected chi connectivity index (χ0v) is 10.6. The van der Waals surface area contributed by atoms with E-state index in [-0.39, 0.29) is 0 Å². The first kappa shape index (κ1) is 11.9. The standard InChI is InChI=1S/C14H20ClN/c1-10-5-6-12(14(15)7-10)8-11-3-2-4-13(16)9-11/h5-7,11,13H,2-4,8-9,16H2,1H3. The van der Waals surface area contributed by atoms with Gasteiger partial charge in [-0.15, -0.1) is 0 Å². The summed E-state index contributed by atoms with van der Waals surface area (Å²) >= 11 is 6.25. The summed E-state index contributed by atoms with van der Waals surface area (Å²) in [4.78, 5) is 0. The summed E-state index contributed by atoms with van der Waals surface area (Å²) in [5.74, 6) is 0.726. The number of hydrogen-bond donors (Lipinski definition) is 1. The lowest BCUT2D eigenvalue weighted by Gasteiger charge is -2.26. The quantitative estimate of drug-likeness (QED) is 0.834. The van der Waals surface area contributed by atoms with Gasteiger partial charge in [-0.05, 0) is 49.3 Å². The normalized spacial score (nSPS) is 25.7. The first-order chi connectivity index (χ1) is 7.65. The summed E-state index contributed by atoms with van der Waals surface area (Å²) in [6.07, 6.45) is 6.02. The first-order valence-electron chi connectivity index (χ1n) is 6.16. The van der Waals surface area contributed by atoms with Crippen LogP contribution in [0.25, 0.3) is 0 Å². The number of rotatable bonds is 2. The van der Waals surface area contributed by atoms with Crippen molar-refractivity contribution in [3.8, 4) is 0 Å². The highest BCUT2D eigenvalue weighted by molar-refractivity contribution is 6.31. The molecule has 1 nitrogen and oxygen atoms in total. The molecule has 2 atom stereocenters. The predicted molar refractivity (Wildman–Crippen MR) is 69.8 cm³/mol. The Kier molecular flexibility index (Phi) is 3.88. The van der Waals surface area contributed by atoms with Gasteiger partial charge in [0.15, 0.2) is 0 Å². The van der Waals surface area contributed by atoms with Gasteiger partial charge < -0.3 is 5.73 Å². The van der Waals surface area contributed by atoms with Crippen LogP contribution in [0.1, 0.15) is 36.8 Å². The van der Waals surface area contributed by atoms with Crippen LogP contribution in [-0.2, 0) is 6.42 Å². The topological polar surface area (TPSA) is 26.0 Å². The zero-order valence-electron chi connectivity index (χ0n) is 9.88. The van der Waals surface area contributed by atoms with Crippen LogP contribution in [0.4, 0.5) is 0 Å². The molecular formula is C14H20ClN. The van der Waals surface area contributed by atoms with Crippen LogP contribution >= 0.6 is 11.6 Å². The number of aryl methyl sites for hydroxylation is 1. The maximum atomic E-state index is 6.25. The van der Waals surface area contributed by atoms with Crippen LogP contribution < -0.4 is 5.73 Å². The van der Waals surface area contributed by atoms with Crippen LogP contribution in [0.2, 0.25) is 5.02 Å². The van der Waals surface area contributed by atoms with Crippen LogP contribution in [-0.4, -0.2) is 6.04 Å². The van der Waals surface area contributed by atoms with E-state index in [4.69, 9.17) is 17.3 Å². The number of halogens is 1. The summed E-state index contributed by atoms with van der Waals surface area (Å²) in [7, 11) is 0. The molecule has 1 aromatic rings. The van der Waals surface area contributed by atoms with Crippen molar-refractivity contribution < 1.29 is 0 Å². The lowest BCUT2D eigenvalue weighted by atomic mass is 9.82. The van der Waals surface area contributed by atoms with E-state index in [9.17, 15) is 0 Å². The molecule has 88 valence electrons. The molecule has 0 spiro atoms. The number of hydrogen-bond acceptors (Lipinski definition) is 1. The Labute approximate surface area is 103 Å². The highest BCUT2D eigenvalue weighted by Crippen LogP contribution is 2.29. The fraction of sp³-hybridized carbons (Fsp3) is 0.571. The Morgan fingerprint density at radius 3 is 2.88 bits per heavy atom. The van der Waals surface area contributed by atoms with Crippen molar-refractivity contribution in [2.45, 2.75) is 45.1 Å². The maximum absolute atomic E-state index is 6.25. The van der Waals surface area contributed by atoms with Gasteiger partial charge in [0.25, 0.3) is 0 Å². The van der Waals surface area contributed by atoms with Gasteiger partial charge in [-0.25, -0.2) is 0 Å². The van der Waals surface area contributed by atoms with Gasteiger partial charge in [-0.2, -0.15) is 0 Å². The molecule has 0 heterocycles. The third-order valence-electron chi connectivity index (χ3n) is 3.54. The summed E-state index contributed by atoms with van der Waals surface area (Å²) in [6, 6.07) is 6.77. The van der Waals surface area contributed by atoms with Crippen molar-refractivity contribution in [1.29, 1.82) is 0 Å². The lowest BCUT2D eigenvalue weighted by Crippen LogP contribution is -2.28. The van der Waals surface area contributed by atoms with E-state index in [2.05, 4.69) is 25.1 Å². The van der Waals surface area contributed by atoms with Crippen molar-refractivity contribution >= 4 is 11.6 Å². The molecule has 1 aromatic carbocycles. The first-order valence-corrected chi connectivity index (χ1v) is 6.53. The molecular weight excluding hydrogens is 218 g/mol. The van der Waals surface area contributed by atoms with Gasteiger partial charge in [-0.1, -0.05) is 36.6 Å². The third kappa shape index (κ3) is 2.99. The molecule has 0 bridgehead atoms. The average molecular weight is 238 g/mol.